The van der Waals surface area contributed by atoms with Crippen LogP contribution in [0.4, 0.5) is 5.69 Å². The first-order valence-electron chi connectivity index (χ1n) is 8.83. The zero-order valence-electron chi connectivity index (χ0n) is 16.9. The van der Waals surface area contributed by atoms with Gasteiger partial charge in [-0.05, 0) is 43.0 Å². The topological polar surface area (TPSA) is 76.9 Å². The molecule has 0 amide bonds. The number of aldehydes is 1. The average molecular weight is 399 g/mol. The van der Waals surface area contributed by atoms with Crippen molar-refractivity contribution < 1.29 is 4.79 Å². The van der Waals surface area contributed by atoms with Crippen molar-refractivity contribution in [3.63, 3.8) is 0 Å². The highest BCUT2D eigenvalue weighted by Gasteiger charge is 2.11. The van der Waals surface area contributed by atoms with Crippen LogP contribution in [0.5, 0.6) is 0 Å². The number of nitrogens with zero attached hydrogens (tertiary/aromatic N) is 3. The lowest BCUT2D eigenvalue weighted by Crippen LogP contribution is -2.19. The standard InChI is InChI=1S/C16H16N4OS.C3H4O.C2H6/c1-10-7-14(21)20(12-6-4-5-11(8-12)17-2)15-13(10)9-18-16(19-15)22-3;1-2-3-4;1-2/h4-9,17H,1-3H3;2-3H,1H2;1-2H3. The number of pyridine rings is 1. The van der Waals surface area contributed by atoms with Crippen LogP contribution in [0.1, 0.15) is 19.4 Å². The van der Waals surface area contributed by atoms with Crippen molar-refractivity contribution in [2.45, 2.75) is 25.9 Å². The molecule has 0 aliphatic heterocycles. The maximum Gasteiger partial charge on any atom is 0.257 e. The number of nitrogens with one attached hydrogen (secondary N) is 1. The van der Waals surface area contributed by atoms with E-state index in [4.69, 9.17) is 4.79 Å². The van der Waals surface area contributed by atoms with Crippen LogP contribution in [0.3, 0.4) is 0 Å². The minimum Gasteiger partial charge on any atom is -0.388 e. The van der Waals surface area contributed by atoms with Crippen LogP contribution in [0.25, 0.3) is 16.7 Å². The molecule has 0 unspecified atom stereocenters. The molecule has 0 saturated heterocycles. The molecule has 6 nitrogen and oxygen atoms in total. The second kappa shape index (κ2) is 11.7. The van der Waals surface area contributed by atoms with E-state index in [1.54, 1.807) is 16.8 Å². The molecule has 7 heteroatoms. The average Bonchev–Trinajstić information content (AvgIpc) is 2.75. The van der Waals surface area contributed by atoms with E-state index in [9.17, 15) is 4.79 Å². The Labute approximate surface area is 169 Å². The predicted molar refractivity (Wildman–Crippen MR) is 119 cm³/mol. The molecule has 2 heterocycles. The molecule has 1 N–H and O–H groups in total. The largest absolute Gasteiger partial charge is 0.388 e. The fraction of sp³-hybridized carbons (Fsp3) is 0.238. The molecule has 0 aliphatic rings. The summed E-state index contributed by atoms with van der Waals surface area (Å²) in [6.45, 7) is 9.01. The van der Waals surface area contributed by atoms with Gasteiger partial charge in [-0.1, -0.05) is 38.3 Å². The molecule has 0 bridgehead atoms. The van der Waals surface area contributed by atoms with E-state index in [2.05, 4.69) is 21.9 Å². The molecule has 1 aromatic carbocycles. The van der Waals surface area contributed by atoms with E-state index in [0.29, 0.717) is 17.1 Å². The zero-order chi connectivity index (χ0) is 21.1. The first-order chi connectivity index (χ1) is 13.5. The highest BCUT2D eigenvalue weighted by Crippen LogP contribution is 2.21. The molecule has 28 heavy (non-hydrogen) atoms. The Morgan fingerprint density at radius 2 is 1.93 bits per heavy atom. The van der Waals surface area contributed by atoms with Gasteiger partial charge in [0.1, 0.15) is 6.29 Å². The number of hydrogen-bond donors (Lipinski definition) is 1. The van der Waals surface area contributed by atoms with Crippen molar-refractivity contribution in [2.24, 2.45) is 0 Å². The van der Waals surface area contributed by atoms with Crippen molar-refractivity contribution >= 4 is 34.8 Å². The van der Waals surface area contributed by atoms with Crippen LogP contribution in [-0.4, -0.2) is 34.1 Å². The van der Waals surface area contributed by atoms with Gasteiger partial charge in [0, 0.05) is 30.4 Å². The Kier molecular flexibility index (Phi) is 9.67. The van der Waals surface area contributed by atoms with E-state index in [0.717, 1.165) is 22.3 Å². The van der Waals surface area contributed by atoms with Gasteiger partial charge in [-0.3, -0.25) is 14.2 Å². The van der Waals surface area contributed by atoms with Gasteiger partial charge >= 0.3 is 0 Å². The maximum absolute atomic E-state index is 12.5. The van der Waals surface area contributed by atoms with Crippen LogP contribution in [-0.2, 0) is 4.79 Å². The van der Waals surface area contributed by atoms with E-state index in [1.807, 2.05) is 58.3 Å². The van der Waals surface area contributed by atoms with E-state index < -0.39 is 0 Å². The van der Waals surface area contributed by atoms with Gasteiger partial charge in [0.2, 0.25) is 0 Å². The van der Waals surface area contributed by atoms with E-state index in [-0.39, 0.29) is 5.56 Å². The molecular weight excluding hydrogens is 372 g/mol. The van der Waals surface area contributed by atoms with Crippen molar-refractivity contribution in [2.75, 3.05) is 18.6 Å². The molecule has 0 radical (unpaired) electrons. The normalized spacial score (nSPS) is 9.46. The fourth-order valence-corrected chi connectivity index (χ4v) is 2.72. The summed E-state index contributed by atoms with van der Waals surface area (Å²) in [7, 11) is 1.85. The number of rotatable bonds is 4. The molecule has 3 rings (SSSR count). The van der Waals surface area contributed by atoms with Crippen molar-refractivity contribution in [1.29, 1.82) is 0 Å². The van der Waals surface area contributed by atoms with Crippen molar-refractivity contribution in [1.82, 2.24) is 14.5 Å². The number of carbonyl (C=O) groups excluding carboxylic acids is 1. The summed E-state index contributed by atoms with van der Waals surface area (Å²) in [6, 6.07) is 9.31. The van der Waals surface area contributed by atoms with Crippen LogP contribution in [0.15, 0.2) is 59.1 Å². The number of benzene rings is 1. The predicted octanol–water partition coefficient (Wildman–Crippen LogP) is 4.25. The summed E-state index contributed by atoms with van der Waals surface area (Å²) in [6.07, 6.45) is 5.53. The van der Waals surface area contributed by atoms with Crippen LogP contribution in [0.2, 0.25) is 0 Å². The molecule has 0 spiro atoms. The van der Waals surface area contributed by atoms with E-state index in [1.165, 1.54) is 17.8 Å². The smallest absolute Gasteiger partial charge is 0.257 e. The van der Waals surface area contributed by atoms with Gasteiger partial charge in [-0.15, -0.1) is 0 Å². The van der Waals surface area contributed by atoms with Gasteiger partial charge in [0.15, 0.2) is 10.8 Å². The number of fused-ring (bicyclic) bond motifs is 1. The van der Waals surface area contributed by atoms with Crippen molar-refractivity contribution in [3.8, 4) is 5.69 Å². The number of aromatic nitrogens is 3. The highest BCUT2D eigenvalue weighted by atomic mass is 32.2. The Bertz CT molecular complexity index is 993. The van der Waals surface area contributed by atoms with Gasteiger partial charge in [-0.25, -0.2) is 9.97 Å². The monoisotopic (exact) mass is 398 g/mol. The molecule has 0 aliphatic carbocycles. The number of anilines is 1. The SMILES string of the molecule is C=CC=O.CC.CNc1cccc(-n2c(=O)cc(C)c3cnc(SC)nc32)c1. The Balaban J connectivity index is 0.000000583. The number of allylic oxidation sites excluding steroid dienone is 1. The third-order valence-corrected chi connectivity index (χ3v) is 4.18. The number of thioether (sulfide) groups is 1. The van der Waals surface area contributed by atoms with Crippen LogP contribution >= 0.6 is 11.8 Å². The Morgan fingerprint density at radius 1 is 1.25 bits per heavy atom. The molecular formula is C21H26N4O2S. The van der Waals surface area contributed by atoms with Crippen molar-refractivity contribution in [3.05, 3.63) is 65.1 Å². The first-order valence-corrected chi connectivity index (χ1v) is 10.1. The summed E-state index contributed by atoms with van der Waals surface area (Å²) in [5.74, 6) is 0. The van der Waals surface area contributed by atoms with Crippen LogP contribution in [0, 0.1) is 6.92 Å². The number of carbonyl (C=O) groups is 1. The third kappa shape index (κ3) is 5.53. The lowest BCUT2D eigenvalue weighted by Gasteiger charge is -2.12. The number of hydrogen-bond acceptors (Lipinski definition) is 6. The second-order valence-corrected chi connectivity index (χ2v) is 6.04. The lowest BCUT2D eigenvalue weighted by molar-refractivity contribution is -0.104. The van der Waals surface area contributed by atoms with Gasteiger partial charge in [0.05, 0.1) is 5.69 Å². The number of aryl methyl sites for hydroxylation is 1. The maximum atomic E-state index is 12.5. The first kappa shape index (κ1) is 23.1. The van der Waals surface area contributed by atoms with Gasteiger partial charge in [-0.2, -0.15) is 0 Å². The summed E-state index contributed by atoms with van der Waals surface area (Å²) in [5.41, 5.74) is 3.15. The zero-order valence-corrected chi connectivity index (χ0v) is 17.7. The molecule has 0 fully saturated rings. The molecule has 148 valence electrons. The van der Waals surface area contributed by atoms with Gasteiger partial charge in [0.25, 0.3) is 5.56 Å². The summed E-state index contributed by atoms with van der Waals surface area (Å²) >= 11 is 1.46. The highest BCUT2D eigenvalue weighted by molar-refractivity contribution is 7.98. The second-order valence-electron chi connectivity index (χ2n) is 5.27. The summed E-state index contributed by atoms with van der Waals surface area (Å²) in [4.78, 5) is 30.4. The lowest BCUT2D eigenvalue weighted by atomic mass is 10.2. The van der Waals surface area contributed by atoms with Crippen LogP contribution < -0.4 is 10.9 Å². The minimum absolute atomic E-state index is 0.0935. The summed E-state index contributed by atoms with van der Waals surface area (Å²) < 4.78 is 1.63. The quantitative estimate of drug-likeness (QED) is 0.306. The Morgan fingerprint density at radius 3 is 2.50 bits per heavy atom. The van der Waals surface area contributed by atoms with Gasteiger partial charge < -0.3 is 5.32 Å². The fourth-order valence-electron chi connectivity index (χ4n) is 2.39. The third-order valence-electron chi connectivity index (χ3n) is 3.62. The molecule has 0 atom stereocenters. The Hall–Kier alpha value is -2.93. The molecule has 3 aromatic rings. The molecule has 2 aromatic heterocycles. The minimum atomic E-state index is -0.0935. The van der Waals surface area contributed by atoms with E-state index >= 15 is 0 Å². The summed E-state index contributed by atoms with van der Waals surface area (Å²) in [5, 5.41) is 4.62. The molecule has 0 saturated carbocycles.